The number of fused-ring (bicyclic) bond motifs is 7. The Morgan fingerprint density at radius 2 is 1.90 bits per heavy atom. The van der Waals surface area contributed by atoms with E-state index >= 15 is 0 Å². The van der Waals surface area contributed by atoms with Crippen LogP contribution >= 0.6 is 0 Å². The van der Waals surface area contributed by atoms with E-state index in [0.717, 1.165) is 22.3 Å². The minimum Gasteiger partial charge on any atom is -0.462 e. The van der Waals surface area contributed by atoms with Gasteiger partial charge in [-0.3, -0.25) is 0 Å². The Bertz CT molecular complexity index is 711. The zero-order chi connectivity index (χ0) is 14.7. The van der Waals surface area contributed by atoms with Gasteiger partial charge in [0.1, 0.15) is 12.2 Å². The van der Waals surface area contributed by atoms with E-state index in [4.69, 9.17) is 9.47 Å². The summed E-state index contributed by atoms with van der Waals surface area (Å²) in [6.07, 6.45) is -1.04. The van der Waals surface area contributed by atoms with Crippen molar-refractivity contribution in [2.45, 2.75) is 32.2 Å². The first-order chi connectivity index (χ1) is 10.1. The number of hydrogen-bond acceptors (Lipinski definition) is 4. The fourth-order valence-corrected chi connectivity index (χ4v) is 3.63. The molecule has 4 heteroatoms. The second-order valence-electron chi connectivity index (χ2n) is 5.54. The highest BCUT2D eigenvalue weighted by atomic mass is 16.5. The Hall–Kier alpha value is -1.91. The van der Waals surface area contributed by atoms with Gasteiger partial charge in [-0.15, -0.1) is 0 Å². The van der Waals surface area contributed by atoms with Gasteiger partial charge in [0, 0.05) is 11.1 Å². The molecule has 3 aliphatic rings. The second kappa shape index (κ2) is 4.29. The molecule has 0 saturated carbocycles. The van der Waals surface area contributed by atoms with Gasteiger partial charge in [0.2, 0.25) is 0 Å². The number of esters is 1. The van der Waals surface area contributed by atoms with Crippen LogP contribution in [-0.2, 0) is 14.3 Å². The van der Waals surface area contributed by atoms with Crippen LogP contribution < -0.4 is 0 Å². The molecule has 0 fully saturated rings. The summed E-state index contributed by atoms with van der Waals surface area (Å²) in [6, 6.07) is 8.05. The van der Waals surface area contributed by atoms with Gasteiger partial charge in [-0.05, 0) is 30.5 Å². The average Bonchev–Trinajstić information content (AvgIpc) is 2.91. The van der Waals surface area contributed by atoms with Crippen molar-refractivity contribution in [3.05, 3.63) is 57.7 Å². The molecule has 2 aliphatic heterocycles. The van der Waals surface area contributed by atoms with Crippen LogP contribution in [0.15, 0.2) is 46.6 Å². The van der Waals surface area contributed by atoms with Gasteiger partial charge in [-0.1, -0.05) is 24.3 Å². The maximum absolute atomic E-state index is 12.2. The minimum atomic E-state index is -0.696. The number of rotatable bonds is 3. The summed E-state index contributed by atoms with van der Waals surface area (Å²) in [5, 5.41) is 10.0. The molecular weight excluding hydrogens is 268 g/mol. The predicted molar refractivity (Wildman–Crippen MR) is 75.4 cm³/mol. The van der Waals surface area contributed by atoms with Gasteiger partial charge in [0.25, 0.3) is 0 Å². The molecule has 2 heterocycles. The topological polar surface area (TPSA) is 55.8 Å². The van der Waals surface area contributed by atoms with Gasteiger partial charge in [0.15, 0.2) is 0 Å². The van der Waals surface area contributed by atoms with E-state index < -0.39 is 6.10 Å². The molecule has 2 bridgehead atoms. The van der Waals surface area contributed by atoms with Gasteiger partial charge >= 0.3 is 5.97 Å². The molecule has 108 valence electrons. The van der Waals surface area contributed by atoms with Crippen molar-refractivity contribution >= 4 is 5.97 Å². The van der Waals surface area contributed by atoms with Crippen LogP contribution in [0.3, 0.4) is 0 Å². The number of carbonyl (C=O) groups is 1. The number of hydrogen-bond donors (Lipinski definition) is 1. The van der Waals surface area contributed by atoms with E-state index in [1.54, 1.807) is 13.8 Å². The molecule has 0 saturated heterocycles. The molecule has 4 rings (SSSR count). The molecule has 1 aromatic carbocycles. The van der Waals surface area contributed by atoms with Crippen LogP contribution in [-0.4, -0.2) is 23.8 Å². The van der Waals surface area contributed by atoms with Crippen LogP contribution in [0.4, 0.5) is 0 Å². The maximum atomic E-state index is 12.2. The van der Waals surface area contributed by atoms with Crippen molar-refractivity contribution in [3.8, 4) is 0 Å². The lowest BCUT2D eigenvalue weighted by Gasteiger charge is -2.33. The van der Waals surface area contributed by atoms with Crippen LogP contribution in [0.25, 0.3) is 0 Å². The van der Waals surface area contributed by atoms with Crippen molar-refractivity contribution in [2.75, 3.05) is 6.61 Å². The Labute approximate surface area is 122 Å². The third-order valence-corrected chi connectivity index (χ3v) is 4.37. The Balaban J connectivity index is 1.78. The predicted octanol–water partition coefficient (Wildman–Crippen LogP) is 2.36. The smallest absolute Gasteiger partial charge is 0.338 e. The van der Waals surface area contributed by atoms with E-state index in [9.17, 15) is 9.90 Å². The Morgan fingerprint density at radius 3 is 2.48 bits per heavy atom. The monoisotopic (exact) mass is 284 g/mol. The average molecular weight is 284 g/mol. The zero-order valence-corrected chi connectivity index (χ0v) is 11.9. The van der Waals surface area contributed by atoms with Crippen molar-refractivity contribution in [3.63, 3.8) is 0 Å². The van der Waals surface area contributed by atoms with E-state index in [2.05, 4.69) is 0 Å². The van der Waals surface area contributed by atoms with Crippen molar-refractivity contribution < 1.29 is 19.4 Å². The molecule has 0 aromatic heterocycles. The maximum Gasteiger partial charge on any atom is 0.338 e. The molecule has 0 radical (unpaired) electrons. The number of aliphatic hydroxyl groups is 1. The highest BCUT2D eigenvalue weighted by Gasteiger charge is 2.54. The summed E-state index contributed by atoms with van der Waals surface area (Å²) in [5.74, 6) is -0.360. The van der Waals surface area contributed by atoms with Crippen LogP contribution in [0, 0.1) is 0 Å². The lowest BCUT2D eigenvalue weighted by molar-refractivity contribution is -0.138. The van der Waals surface area contributed by atoms with Gasteiger partial charge < -0.3 is 14.6 Å². The summed E-state index contributed by atoms with van der Waals surface area (Å²) in [4.78, 5) is 12.2. The standard InChI is InChI=1S/C17H16O4/c1-3-20-17(19)14-11(8(2)18)12-13(14)16-10-7-5-4-6-9(10)15(12)21-16/h4-8,15-16,18H,3H2,1-2H3. The lowest BCUT2D eigenvalue weighted by atomic mass is 9.69. The normalized spacial score (nSPS) is 26.4. The Kier molecular flexibility index (Phi) is 2.62. The fraction of sp³-hybridized carbons (Fsp3) is 0.353. The molecule has 1 aliphatic carbocycles. The summed E-state index contributed by atoms with van der Waals surface area (Å²) < 4.78 is 11.2. The van der Waals surface area contributed by atoms with Crippen LogP contribution in [0.1, 0.15) is 37.2 Å². The van der Waals surface area contributed by atoms with Crippen LogP contribution in [0.5, 0.6) is 0 Å². The third kappa shape index (κ3) is 1.49. The largest absolute Gasteiger partial charge is 0.462 e. The van der Waals surface area contributed by atoms with Gasteiger partial charge in [0.05, 0.1) is 18.3 Å². The highest BCUT2D eigenvalue weighted by molar-refractivity contribution is 6.01. The number of carbonyl (C=O) groups excluding carboxylic acids is 1. The summed E-state index contributed by atoms with van der Waals surface area (Å²) in [5.41, 5.74) is 5.36. The van der Waals surface area contributed by atoms with E-state index in [1.165, 1.54) is 0 Å². The number of benzene rings is 1. The van der Waals surface area contributed by atoms with Crippen molar-refractivity contribution in [2.24, 2.45) is 0 Å². The summed E-state index contributed by atoms with van der Waals surface area (Å²) in [7, 11) is 0. The molecule has 1 aromatic rings. The Morgan fingerprint density at radius 1 is 1.29 bits per heavy atom. The molecular formula is C17H16O4. The zero-order valence-electron chi connectivity index (χ0n) is 11.9. The molecule has 3 unspecified atom stereocenters. The molecule has 21 heavy (non-hydrogen) atoms. The fourth-order valence-electron chi connectivity index (χ4n) is 3.63. The second-order valence-corrected chi connectivity index (χ2v) is 5.54. The van der Waals surface area contributed by atoms with Crippen molar-refractivity contribution in [1.82, 2.24) is 0 Å². The molecule has 0 spiro atoms. The first kappa shape index (κ1) is 12.8. The van der Waals surface area contributed by atoms with Gasteiger partial charge in [-0.25, -0.2) is 4.79 Å². The van der Waals surface area contributed by atoms with Crippen molar-refractivity contribution in [1.29, 1.82) is 0 Å². The third-order valence-electron chi connectivity index (χ3n) is 4.37. The van der Waals surface area contributed by atoms with E-state index in [1.807, 2.05) is 24.3 Å². The number of ether oxygens (including phenoxy) is 2. The first-order valence-electron chi connectivity index (χ1n) is 7.23. The summed E-state index contributed by atoms with van der Waals surface area (Å²) in [6.45, 7) is 3.78. The van der Waals surface area contributed by atoms with E-state index in [-0.39, 0.29) is 18.2 Å². The molecule has 0 amide bonds. The first-order valence-corrected chi connectivity index (χ1v) is 7.23. The highest BCUT2D eigenvalue weighted by Crippen LogP contribution is 2.63. The summed E-state index contributed by atoms with van der Waals surface area (Å²) >= 11 is 0. The SMILES string of the molecule is CCOC(=O)C1=C(C(C)O)C2=C1C1OC2c2ccccc21. The molecule has 1 N–H and O–H groups in total. The number of aliphatic hydroxyl groups excluding tert-OH is 1. The minimum absolute atomic E-state index is 0.149. The molecule has 4 nitrogen and oxygen atoms in total. The lowest BCUT2D eigenvalue weighted by Crippen LogP contribution is -2.29. The van der Waals surface area contributed by atoms with Gasteiger partial charge in [-0.2, -0.15) is 0 Å². The van der Waals surface area contributed by atoms with E-state index in [0.29, 0.717) is 17.8 Å². The quantitative estimate of drug-likeness (QED) is 0.866. The van der Waals surface area contributed by atoms with Crippen LogP contribution in [0.2, 0.25) is 0 Å². The molecule has 3 atom stereocenters.